The third kappa shape index (κ3) is 3.49. The molecule has 1 saturated carbocycles. The Labute approximate surface area is 129 Å². The Balaban J connectivity index is 1.60. The van der Waals surface area contributed by atoms with Crippen LogP contribution in [-0.4, -0.2) is 12.6 Å². The van der Waals surface area contributed by atoms with Gasteiger partial charge in [-0.25, -0.2) is 0 Å². The Morgan fingerprint density at radius 3 is 2.71 bits per heavy atom. The van der Waals surface area contributed by atoms with Gasteiger partial charge < -0.3 is 10.5 Å². The predicted molar refractivity (Wildman–Crippen MR) is 87.2 cm³/mol. The largest absolute Gasteiger partial charge is 0.373 e. The van der Waals surface area contributed by atoms with E-state index in [1.165, 1.54) is 43.2 Å². The van der Waals surface area contributed by atoms with E-state index in [1.807, 2.05) is 0 Å². The average molecular weight is 287 g/mol. The fourth-order valence-electron chi connectivity index (χ4n) is 4.14. The van der Waals surface area contributed by atoms with Crippen molar-refractivity contribution >= 4 is 0 Å². The fraction of sp³-hybridized carbons (Fsp3) is 0.684. The zero-order valence-electron chi connectivity index (χ0n) is 13.3. The molecule has 1 aliphatic heterocycles. The lowest BCUT2D eigenvalue weighted by Crippen LogP contribution is -2.35. The Kier molecular flexibility index (Phi) is 4.97. The van der Waals surface area contributed by atoms with Crippen molar-refractivity contribution in [2.75, 3.05) is 6.61 Å². The molecule has 2 unspecified atom stereocenters. The van der Waals surface area contributed by atoms with E-state index in [2.05, 4.69) is 31.2 Å². The van der Waals surface area contributed by atoms with Crippen LogP contribution >= 0.6 is 0 Å². The average Bonchev–Trinajstić information content (AvgIpc) is 2.55. The van der Waals surface area contributed by atoms with Crippen LogP contribution in [0.4, 0.5) is 0 Å². The molecule has 0 bridgehead atoms. The molecular formula is C19H29NO. The maximum atomic E-state index is 6.54. The first kappa shape index (κ1) is 15.1. The second-order valence-corrected chi connectivity index (χ2v) is 6.90. The molecule has 0 radical (unpaired) electrons. The third-order valence-corrected chi connectivity index (χ3v) is 5.65. The summed E-state index contributed by atoms with van der Waals surface area (Å²) in [5.41, 5.74) is 9.37. The lowest BCUT2D eigenvalue weighted by molar-refractivity contribution is 0.0255. The monoisotopic (exact) mass is 287 g/mol. The molecule has 1 aromatic carbocycles. The van der Waals surface area contributed by atoms with E-state index in [-0.39, 0.29) is 6.10 Å². The van der Waals surface area contributed by atoms with Crippen molar-refractivity contribution in [1.29, 1.82) is 0 Å². The molecule has 3 rings (SSSR count). The van der Waals surface area contributed by atoms with Crippen LogP contribution in [0.5, 0.6) is 0 Å². The molecule has 0 aromatic heterocycles. The summed E-state index contributed by atoms with van der Waals surface area (Å²) >= 11 is 0. The van der Waals surface area contributed by atoms with Crippen molar-refractivity contribution in [1.82, 2.24) is 0 Å². The summed E-state index contributed by atoms with van der Waals surface area (Å²) in [7, 11) is 0. The minimum absolute atomic E-state index is 0.217. The van der Waals surface area contributed by atoms with Gasteiger partial charge in [0.05, 0.1) is 12.7 Å². The number of hydrogen-bond acceptors (Lipinski definition) is 2. The smallest absolute Gasteiger partial charge is 0.0842 e. The zero-order valence-corrected chi connectivity index (χ0v) is 13.3. The van der Waals surface area contributed by atoms with Gasteiger partial charge in [-0.1, -0.05) is 50.5 Å². The summed E-state index contributed by atoms with van der Waals surface area (Å²) in [6, 6.07) is 9.01. The molecule has 1 aliphatic carbocycles. The molecule has 116 valence electrons. The summed E-state index contributed by atoms with van der Waals surface area (Å²) in [4.78, 5) is 0. The number of rotatable bonds is 4. The second-order valence-electron chi connectivity index (χ2n) is 6.90. The summed E-state index contributed by atoms with van der Waals surface area (Å²) in [6.07, 6.45) is 8.95. The van der Waals surface area contributed by atoms with E-state index < -0.39 is 0 Å². The van der Waals surface area contributed by atoms with Crippen LogP contribution in [0.15, 0.2) is 24.3 Å². The Morgan fingerprint density at radius 2 is 1.95 bits per heavy atom. The topological polar surface area (TPSA) is 35.2 Å². The molecule has 21 heavy (non-hydrogen) atoms. The van der Waals surface area contributed by atoms with Crippen LogP contribution in [0, 0.1) is 11.8 Å². The molecule has 0 saturated heterocycles. The first-order chi connectivity index (χ1) is 10.3. The molecule has 2 nitrogen and oxygen atoms in total. The maximum absolute atomic E-state index is 6.54. The van der Waals surface area contributed by atoms with Crippen LogP contribution in [0.3, 0.4) is 0 Å². The zero-order chi connectivity index (χ0) is 14.7. The second kappa shape index (κ2) is 6.93. The first-order valence-electron chi connectivity index (χ1n) is 8.73. The number of nitrogens with two attached hydrogens (primary N) is 1. The van der Waals surface area contributed by atoms with Crippen LogP contribution in [-0.2, 0) is 11.2 Å². The molecule has 2 N–H and O–H groups in total. The minimum Gasteiger partial charge on any atom is -0.373 e. The quantitative estimate of drug-likeness (QED) is 0.899. The Morgan fingerprint density at radius 1 is 1.19 bits per heavy atom. The van der Waals surface area contributed by atoms with Crippen LogP contribution in [0.2, 0.25) is 0 Å². The molecule has 0 amide bonds. The van der Waals surface area contributed by atoms with E-state index in [0.29, 0.717) is 12.0 Å². The third-order valence-electron chi connectivity index (χ3n) is 5.65. The highest BCUT2D eigenvalue weighted by molar-refractivity contribution is 5.31. The Bertz CT molecular complexity index is 451. The molecule has 1 fully saturated rings. The highest BCUT2D eigenvalue weighted by Crippen LogP contribution is 2.36. The van der Waals surface area contributed by atoms with Crippen molar-refractivity contribution in [3.63, 3.8) is 0 Å². The van der Waals surface area contributed by atoms with E-state index in [0.717, 1.165) is 25.4 Å². The van der Waals surface area contributed by atoms with E-state index in [9.17, 15) is 0 Å². The molecule has 1 heterocycles. The normalized spacial score (nSPS) is 30.7. The van der Waals surface area contributed by atoms with Crippen molar-refractivity contribution in [2.24, 2.45) is 17.6 Å². The van der Waals surface area contributed by atoms with Gasteiger partial charge in [0.25, 0.3) is 0 Å². The van der Waals surface area contributed by atoms with Gasteiger partial charge in [0.1, 0.15) is 0 Å². The summed E-state index contributed by atoms with van der Waals surface area (Å²) in [5, 5.41) is 0. The van der Waals surface area contributed by atoms with Crippen LogP contribution in [0.1, 0.15) is 62.7 Å². The summed E-state index contributed by atoms with van der Waals surface area (Å²) in [6.45, 7) is 3.16. The molecule has 2 heteroatoms. The van der Waals surface area contributed by atoms with Crippen LogP contribution < -0.4 is 5.73 Å². The van der Waals surface area contributed by atoms with Crippen molar-refractivity contribution < 1.29 is 4.74 Å². The fourth-order valence-corrected chi connectivity index (χ4v) is 4.14. The molecule has 0 spiro atoms. The lowest BCUT2D eigenvalue weighted by atomic mass is 9.76. The van der Waals surface area contributed by atoms with Crippen LogP contribution in [0.25, 0.3) is 0 Å². The lowest BCUT2D eigenvalue weighted by Gasteiger charge is -2.34. The van der Waals surface area contributed by atoms with Crippen molar-refractivity contribution in [2.45, 2.75) is 64.0 Å². The number of hydrogen-bond donors (Lipinski definition) is 1. The van der Waals surface area contributed by atoms with Gasteiger partial charge in [-0.3, -0.25) is 0 Å². The highest BCUT2D eigenvalue weighted by atomic mass is 16.5. The van der Waals surface area contributed by atoms with Crippen molar-refractivity contribution in [3.8, 4) is 0 Å². The number of fused-ring (bicyclic) bond motifs is 1. The van der Waals surface area contributed by atoms with E-state index in [4.69, 9.17) is 10.5 Å². The van der Waals surface area contributed by atoms with Gasteiger partial charge in [-0.05, 0) is 48.6 Å². The molecular weight excluding hydrogens is 258 g/mol. The first-order valence-corrected chi connectivity index (χ1v) is 8.73. The number of ether oxygens (including phenoxy) is 1. The highest BCUT2D eigenvalue weighted by Gasteiger charge is 2.29. The molecule has 2 atom stereocenters. The molecule has 1 aromatic rings. The van der Waals surface area contributed by atoms with Gasteiger partial charge in [-0.2, -0.15) is 0 Å². The van der Waals surface area contributed by atoms with E-state index >= 15 is 0 Å². The standard InChI is InChI=1S/C19H29NO/c1-2-14-7-9-16(10-8-14)18(20)13-19-17-6-4-3-5-15(17)11-12-21-19/h3-6,14,16,18-19H,2,7-13,20H2,1H3. The predicted octanol–water partition coefficient (Wildman–Crippen LogP) is 4.23. The van der Waals surface area contributed by atoms with Gasteiger partial charge in [0, 0.05) is 6.04 Å². The van der Waals surface area contributed by atoms with Gasteiger partial charge in [0.15, 0.2) is 0 Å². The van der Waals surface area contributed by atoms with E-state index in [1.54, 1.807) is 0 Å². The SMILES string of the molecule is CCC1CCC(C(N)CC2OCCc3ccccc32)CC1. The van der Waals surface area contributed by atoms with Gasteiger partial charge in [-0.15, -0.1) is 0 Å². The maximum Gasteiger partial charge on any atom is 0.0842 e. The summed E-state index contributed by atoms with van der Waals surface area (Å²) < 4.78 is 6.03. The van der Waals surface area contributed by atoms with Gasteiger partial charge >= 0.3 is 0 Å². The van der Waals surface area contributed by atoms with Gasteiger partial charge in [0.2, 0.25) is 0 Å². The Hall–Kier alpha value is -0.860. The minimum atomic E-state index is 0.217. The number of benzene rings is 1. The van der Waals surface area contributed by atoms with Crippen molar-refractivity contribution in [3.05, 3.63) is 35.4 Å². The molecule has 2 aliphatic rings. The summed E-state index contributed by atoms with van der Waals surface area (Å²) in [5.74, 6) is 1.64.